The smallest absolute Gasteiger partial charge is 0.320 e. The Morgan fingerprint density at radius 3 is 2.91 bits per heavy atom. The summed E-state index contributed by atoms with van der Waals surface area (Å²) in [4.78, 5) is 11.7. The Balaban J connectivity index is 2.02. The number of amides is 2. The van der Waals surface area contributed by atoms with Gasteiger partial charge in [0.2, 0.25) is 0 Å². The van der Waals surface area contributed by atoms with Gasteiger partial charge in [0.1, 0.15) is 5.82 Å². The number of hydrogen-bond acceptors (Lipinski definition) is 3. The van der Waals surface area contributed by atoms with Crippen LogP contribution >= 0.6 is 0 Å². The minimum atomic E-state index is -0.463. The lowest BCUT2D eigenvalue weighted by Crippen LogP contribution is -2.31. The molecule has 0 aliphatic rings. The second kappa shape index (κ2) is 7.04. The number of nitrogens with zero attached hydrogens (tertiary/aromatic N) is 2. The van der Waals surface area contributed by atoms with Crippen molar-refractivity contribution in [3.63, 3.8) is 0 Å². The molecule has 7 heteroatoms. The Bertz CT molecular complexity index is 655. The van der Waals surface area contributed by atoms with Gasteiger partial charge in [-0.25, -0.2) is 13.9 Å². The Morgan fingerprint density at radius 1 is 1.45 bits per heavy atom. The number of carbonyl (C=O) groups excluding carboxylic acids is 1. The van der Waals surface area contributed by atoms with Crippen molar-refractivity contribution in [2.75, 3.05) is 11.9 Å². The molecule has 2 aromatic rings. The molecule has 0 saturated heterocycles. The van der Waals surface area contributed by atoms with E-state index in [0.29, 0.717) is 24.5 Å². The molecule has 22 heavy (non-hydrogen) atoms. The van der Waals surface area contributed by atoms with Gasteiger partial charge in [0.25, 0.3) is 0 Å². The molecule has 0 spiro atoms. The summed E-state index contributed by atoms with van der Waals surface area (Å²) in [7, 11) is 0. The first-order valence-corrected chi connectivity index (χ1v) is 7.01. The Morgan fingerprint density at radius 2 is 2.23 bits per heavy atom. The van der Waals surface area contributed by atoms with Gasteiger partial charge in [-0.3, -0.25) is 5.32 Å². The molecule has 1 atom stereocenters. The first-order chi connectivity index (χ1) is 10.5. The number of hydrogen-bond donors (Lipinski definition) is 3. The second-order valence-electron chi connectivity index (χ2n) is 5.08. The van der Waals surface area contributed by atoms with Gasteiger partial charge in [-0.05, 0) is 38.5 Å². The van der Waals surface area contributed by atoms with Crippen LogP contribution in [-0.2, 0) is 0 Å². The molecule has 1 aromatic heterocycles. The zero-order valence-corrected chi connectivity index (χ0v) is 12.5. The van der Waals surface area contributed by atoms with Crippen LogP contribution in [0.5, 0.6) is 0 Å². The molecule has 0 aliphatic heterocycles. The van der Waals surface area contributed by atoms with Gasteiger partial charge < -0.3 is 10.4 Å². The van der Waals surface area contributed by atoms with Gasteiger partial charge >= 0.3 is 6.03 Å². The SMILES string of the molecule is Cc1cc(NC(=O)NCC[C@@H](C)O)nn1-c1cccc(F)c1. The highest BCUT2D eigenvalue weighted by Crippen LogP contribution is 2.15. The number of aromatic nitrogens is 2. The number of nitrogens with one attached hydrogen (secondary N) is 2. The lowest BCUT2D eigenvalue weighted by atomic mass is 10.3. The van der Waals surface area contributed by atoms with Crippen LogP contribution in [0.25, 0.3) is 5.69 Å². The van der Waals surface area contributed by atoms with Crippen LogP contribution in [0, 0.1) is 12.7 Å². The van der Waals surface area contributed by atoms with Crippen LogP contribution < -0.4 is 10.6 Å². The van der Waals surface area contributed by atoms with Gasteiger partial charge in [-0.2, -0.15) is 0 Å². The van der Waals surface area contributed by atoms with E-state index in [1.54, 1.807) is 29.8 Å². The highest BCUT2D eigenvalue weighted by Gasteiger charge is 2.09. The van der Waals surface area contributed by atoms with Gasteiger partial charge in [0.05, 0.1) is 11.8 Å². The summed E-state index contributed by atoms with van der Waals surface area (Å²) in [5, 5.41) is 18.6. The van der Waals surface area contributed by atoms with Gasteiger partial charge in [-0.15, -0.1) is 5.10 Å². The zero-order valence-electron chi connectivity index (χ0n) is 12.5. The number of benzene rings is 1. The molecule has 0 unspecified atom stereocenters. The largest absolute Gasteiger partial charge is 0.393 e. The fraction of sp³-hybridized carbons (Fsp3) is 0.333. The van der Waals surface area contributed by atoms with Crippen molar-refractivity contribution in [1.29, 1.82) is 0 Å². The standard InChI is InChI=1S/C15H19FN4O2/c1-10-8-14(18-15(22)17-7-6-11(2)21)19-20(10)13-5-3-4-12(16)9-13/h3-5,8-9,11,21H,6-7H2,1-2H3,(H2,17,18,19,22)/t11-/m1/s1. The number of urea groups is 1. The topological polar surface area (TPSA) is 79.2 Å². The average molecular weight is 306 g/mol. The molecule has 2 amide bonds. The van der Waals surface area contributed by atoms with E-state index in [1.165, 1.54) is 12.1 Å². The van der Waals surface area contributed by atoms with Gasteiger partial charge in [-0.1, -0.05) is 6.07 Å². The Kier molecular flexibility index (Phi) is 5.11. The van der Waals surface area contributed by atoms with Crippen LogP contribution in [-0.4, -0.2) is 33.6 Å². The van der Waals surface area contributed by atoms with E-state index >= 15 is 0 Å². The molecular formula is C15H19FN4O2. The summed E-state index contributed by atoms with van der Waals surface area (Å²) >= 11 is 0. The van der Waals surface area contributed by atoms with Crippen molar-refractivity contribution in [1.82, 2.24) is 15.1 Å². The molecule has 1 heterocycles. The van der Waals surface area contributed by atoms with Crippen molar-refractivity contribution in [3.05, 3.63) is 41.8 Å². The van der Waals surface area contributed by atoms with Crippen molar-refractivity contribution in [3.8, 4) is 5.69 Å². The lowest BCUT2D eigenvalue weighted by molar-refractivity contribution is 0.184. The van der Waals surface area contributed by atoms with Gasteiger partial charge in [0, 0.05) is 18.3 Å². The third kappa shape index (κ3) is 4.29. The van der Waals surface area contributed by atoms with Crippen molar-refractivity contribution < 1.29 is 14.3 Å². The maximum Gasteiger partial charge on any atom is 0.320 e. The first-order valence-electron chi connectivity index (χ1n) is 7.01. The first kappa shape index (κ1) is 16.0. The van der Waals surface area contributed by atoms with E-state index in [-0.39, 0.29) is 5.82 Å². The number of aryl methyl sites for hydroxylation is 1. The number of aliphatic hydroxyl groups is 1. The molecule has 0 radical (unpaired) electrons. The van der Waals surface area contributed by atoms with Crippen molar-refractivity contribution in [2.45, 2.75) is 26.4 Å². The van der Waals surface area contributed by atoms with Crippen LogP contribution in [0.15, 0.2) is 30.3 Å². The van der Waals surface area contributed by atoms with Crippen LogP contribution in [0.1, 0.15) is 19.0 Å². The molecule has 6 nitrogen and oxygen atoms in total. The van der Waals surface area contributed by atoms with E-state index in [4.69, 9.17) is 5.11 Å². The van der Waals surface area contributed by atoms with E-state index in [1.807, 2.05) is 6.92 Å². The maximum absolute atomic E-state index is 13.3. The van der Waals surface area contributed by atoms with Gasteiger partial charge in [0.15, 0.2) is 5.82 Å². The van der Waals surface area contributed by atoms with Crippen molar-refractivity contribution in [2.24, 2.45) is 0 Å². The quantitative estimate of drug-likeness (QED) is 0.792. The Hall–Kier alpha value is -2.41. The molecule has 3 N–H and O–H groups in total. The minimum absolute atomic E-state index is 0.349. The molecule has 0 fully saturated rings. The number of halogens is 1. The minimum Gasteiger partial charge on any atom is -0.393 e. The predicted octanol–water partition coefficient (Wildman–Crippen LogP) is 2.21. The number of rotatable bonds is 5. The molecule has 0 saturated carbocycles. The second-order valence-corrected chi connectivity index (χ2v) is 5.08. The summed E-state index contributed by atoms with van der Waals surface area (Å²) < 4.78 is 14.8. The number of anilines is 1. The average Bonchev–Trinajstić information content (AvgIpc) is 2.79. The molecule has 1 aromatic carbocycles. The summed E-state index contributed by atoms with van der Waals surface area (Å²) in [6.45, 7) is 3.84. The number of aliphatic hydroxyl groups excluding tert-OH is 1. The highest BCUT2D eigenvalue weighted by molar-refractivity contribution is 5.88. The fourth-order valence-corrected chi connectivity index (χ4v) is 1.96. The fourth-order valence-electron chi connectivity index (χ4n) is 1.96. The van der Waals surface area contributed by atoms with Crippen LogP contribution in [0.2, 0.25) is 0 Å². The monoisotopic (exact) mass is 306 g/mol. The molecule has 0 bridgehead atoms. The molecule has 2 rings (SSSR count). The summed E-state index contributed by atoms with van der Waals surface area (Å²) in [6.07, 6.45) is 0.0132. The summed E-state index contributed by atoms with van der Waals surface area (Å²) in [5.74, 6) is 0.0223. The summed E-state index contributed by atoms with van der Waals surface area (Å²) in [5.41, 5.74) is 1.35. The van der Waals surface area contributed by atoms with Crippen molar-refractivity contribution >= 4 is 11.8 Å². The normalized spacial score (nSPS) is 12.0. The molecule has 0 aliphatic carbocycles. The third-order valence-corrected chi connectivity index (χ3v) is 3.03. The number of carbonyl (C=O) groups is 1. The predicted molar refractivity (Wildman–Crippen MR) is 81.6 cm³/mol. The van der Waals surface area contributed by atoms with Crippen LogP contribution in [0.4, 0.5) is 15.0 Å². The Labute approximate surface area is 128 Å². The van der Waals surface area contributed by atoms with E-state index in [9.17, 15) is 9.18 Å². The molecule has 118 valence electrons. The van der Waals surface area contributed by atoms with E-state index in [0.717, 1.165) is 5.69 Å². The third-order valence-electron chi connectivity index (χ3n) is 3.03. The molecular weight excluding hydrogens is 287 g/mol. The maximum atomic E-state index is 13.3. The lowest BCUT2D eigenvalue weighted by Gasteiger charge is -2.07. The van der Waals surface area contributed by atoms with E-state index < -0.39 is 12.1 Å². The van der Waals surface area contributed by atoms with E-state index in [2.05, 4.69) is 15.7 Å². The van der Waals surface area contributed by atoms with Crippen LogP contribution in [0.3, 0.4) is 0 Å². The zero-order chi connectivity index (χ0) is 16.1. The summed E-state index contributed by atoms with van der Waals surface area (Å²) in [6, 6.07) is 7.35. The highest BCUT2D eigenvalue weighted by atomic mass is 19.1.